The fraction of sp³-hybridized carbons (Fsp3) is 0.500. The van der Waals surface area contributed by atoms with E-state index in [1.807, 2.05) is 0 Å². The van der Waals surface area contributed by atoms with Gasteiger partial charge in [-0.2, -0.15) is 0 Å². The molecule has 9 heteroatoms. The van der Waals surface area contributed by atoms with Gasteiger partial charge in [-0.05, 0) is 37.5 Å². The van der Waals surface area contributed by atoms with Crippen molar-refractivity contribution in [1.29, 1.82) is 0 Å². The summed E-state index contributed by atoms with van der Waals surface area (Å²) in [5.74, 6) is -2.20. The molecule has 1 amide bonds. The number of aliphatic carboxylic acids is 1. The molecule has 1 aromatic carbocycles. The average Bonchev–Trinajstić information content (AvgIpc) is 2.84. The molecule has 1 aliphatic heterocycles. The SMILES string of the molecule is O=C(CC1(C(=O)O)CCC1)Nc1ccc(F)c(N2CCCS2(=O)=O)c1. The highest BCUT2D eigenvalue weighted by molar-refractivity contribution is 7.93. The number of nitrogens with zero attached hydrogens (tertiary/aromatic N) is 1. The van der Waals surface area contributed by atoms with E-state index in [0.717, 1.165) is 16.8 Å². The number of anilines is 2. The molecule has 0 unspecified atom stereocenters. The summed E-state index contributed by atoms with van der Waals surface area (Å²) in [6.45, 7) is 0.193. The molecule has 3 rings (SSSR count). The molecule has 0 spiro atoms. The first-order valence-corrected chi connectivity index (χ1v) is 9.68. The van der Waals surface area contributed by atoms with Gasteiger partial charge in [0.15, 0.2) is 0 Å². The molecule has 25 heavy (non-hydrogen) atoms. The minimum atomic E-state index is -3.54. The van der Waals surface area contributed by atoms with E-state index in [-0.39, 0.29) is 30.1 Å². The zero-order chi connectivity index (χ0) is 18.2. The number of benzene rings is 1. The van der Waals surface area contributed by atoms with Gasteiger partial charge in [0.05, 0.1) is 16.9 Å². The third kappa shape index (κ3) is 3.33. The number of carboxylic acids is 1. The first kappa shape index (κ1) is 17.7. The van der Waals surface area contributed by atoms with Crippen molar-refractivity contribution in [1.82, 2.24) is 0 Å². The number of hydrogen-bond acceptors (Lipinski definition) is 4. The highest BCUT2D eigenvalue weighted by atomic mass is 32.2. The van der Waals surface area contributed by atoms with Crippen LogP contribution in [0.3, 0.4) is 0 Å². The molecule has 0 atom stereocenters. The largest absolute Gasteiger partial charge is 0.481 e. The molecular weight excluding hydrogens is 351 g/mol. The number of amides is 1. The molecule has 1 saturated carbocycles. The molecule has 2 aliphatic rings. The topological polar surface area (TPSA) is 104 Å². The normalized spacial score (nSPS) is 20.8. The van der Waals surface area contributed by atoms with Gasteiger partial charge < -0.3 is 10.4 Å². The second kappa shape index (κ2) is 6.29. The number of carbonyl (C=O) groups is 2. The van der Waals surface area contributed by atoms with Crippen LogP contribution in [0.5, 0.6) is 0 Å². The van der Waals surface area contributed by atoms with E-state index in [9.17, 15) is 27.5 Å². The summed E-state index contributed by atoms with van der Waals surface area (Å²) in [6.07, 6.45) is 1.94. The van der Waals surface area contributed by atoms with Crippen LogP contribution >= 0.6 is 0 Å². The lowest BCUT2D eigenvalue weighted by Crippen LogP contribution is -2.41. The number of sulfonamides is 1. The average molecular weight is 370 g/mol. The van der Waals surface area contributed by atoms with Crippen LogP contribution in [0.2, 0.25) is 0 Å². The van der Waals surface area contributed by atoms with E-state index in [4.69, 9.17) is 0 Å². The zero-order valence-corrected chi connectivity index (χ0v) is 14.3. The molecule has 2 fully saturated rings. The van der Waals surface area contributed by atoms with Crippen molar-refractivity contribution in [3.05, 3.63) is 24.0 Å². The zero-order valence-electron chi connectivity index (χ0n) is 13.5. The Morgan fingerprint density at radius 1 is 1.28 bits per heavy atom. The van der Waals surface area contributed by atoms with Crippen LogP contribution in [0.4, 0.5) is 15.8 Å². The van der Waals surface area contributed by atoms with Gasteiger partial charge in [0.25, 0.3) is 0 Å². The Bertz CT molecular complexity index is 820. The number of hydrogen-bond donors (Lipinski definition) is 2. The van der Waals surface area contributed by atoms with Crippen LogP contribution < -0.4 is 9.62 Å². The third-order valence-electron chi connectivity index (χ3n) is 4.86. The molecule has 1 aromatic rings. The first-order valence-electron chi connectivity index (χ1n) is 8.07. The first-order chi connectivity index (χ1) is 11.7. The number of nitrogens with one attached hydrogen (secondary N) is 1. The number of carboxylic acid groups (broad SMARTS) is 1. The van der Waals surface area contributed by atoms with E-state index in [1.165, 1.54) is 12.1 Å². The molecule has 136 valence electrons. The predicted octanol–water partition coefficient (Wildman–Crippen LogP) is 1.95. The lowest BCUT2D eigenvalue weighted by Gasteiger charge is -2.36. The van der Waals surface area contributed by atoms with E-state index < -0.39 is 33.1 Å². The van der Waals surface area contributed by atoms with Crippen molar-refractivity contribution in [3.8, 4) is 0 Å². The van der Waals surface area contributed by atoms with Crippen LogP contribution in [0.15, 0.2) is 18.2 Å². The third-order valence-corrected chi connectivity index (χ3v) is 6.72. The highest BCUT2D eigenvalue weighted by Crippen LogP contribution is 2.44. The maximum absolute atomic E-state index is 14.0. The molecule has 0 bridgehead atoms. The summed E-state index contributed by atoms with van der Waals surface area (Å²) in [6, 6.07) is 3.69. The van der Waals surface area contributed by atoms with E-state index in [0.29, 0.717) is 19.3 Å². The summed E-state index contributed by atoms with van der Waals surface area (Å²) in [7, 11) is -3.54. The van der Waals surface area contributed by atoms with Gasteiger partial charge in [-0.1, -0.05) is 6.42 Å². The molecule has 0 aromatic heterocycles. The predicted molar refractivity (Wildman–Crippen MR) is 89.3 cm³/mol. The summed E-state index contributed by atoms with van der Waals surface area (Å²) in [5.41, 5.74) is -0.888. The summed E-state index contributed by atoms with van der Waals surface area (Å²) in [5, 5.41) is 11.8. The van der Waals surface area contributed by atoms with E-state index in [1.54, 1.807) is 0 Å². The van der Waals surface area contributed by atoms with Gasteiger partial charge in [-0.15, -0.1) is 0 Å². The molecule has 1 aliphatic carbocycles. The van der Waals surface area contributed by atoms with Crippen LogP contribution in [-0.4, -0.2) is 37.7 Å². The van der Waals surface area contributed by atoms with Crippen molar-refractivity contribution in [2.24, 2.45) is 5.41 Å². The Labute approximate surface area is 144 Å². The number of rotatable bonds is 5. The smallest absolute Gasteiger partial charge is 0.310 e. The minimum Gasteiger partial charge on any atom is -0.481 e. The van der Waals surface area contributed by atoms with Crippen molar-refractivity contribution < 1.29 is 27.5 Å². The van der Waals surface area contributed by atoms with Crippen LogP contribution in [0.1, 0.15) is 32.1 Å². The van der Waals surface area contributed by atoms with Gasteiger partial charge in [0, 0.05) is 18.7 Å². The van der Waals surface area contributed by atoms with Gasteiger partial charge in [0.1, 0.15) is 5.82 Å². The van der Waals surface area contributed by atoms with Crippen molar-refractivity contribution in [3.63, 3.8) is 0 Å². The second-order valence-electron chi connectivity index (χ2n) is 6.57. The van der Waals surface area contributed by atoms with Crippen LogP contribution in [0.25, 0.3) is 0 Å². The molecular formula is C16H19FN2O5S. The van der Waals surface area contributed by atoms with Crippen molar-refractivity contribution >= 4 is 33.3 Å². The lowest BCUT2D eigenvalue weighted by atomic mass is 9.66. The Morgan fingerprint density at radius 3 is 2.52 bits per heavy atom. The van der Waals surface area contributed by atoms with Crippen LogP contribution in [0, 0.1) is 11.2 Å². The Hall–Kier alpha value is -2.16. The summed E-state index contributed by atoms with van der Waals surface area (Å²) < 4.78 is 39.0. The summed E-state index contributed by atoms with van der Waals surface area (Å²) >= 11 is 0. The molecule has 7 nitrogen and oxygen atoms in total. The standard InChI is InChI=1S/C16H19FN2O5S/c17-12-4-3-11(9-13(12)19-7-2-8-25(19,23)24)18-14(20)10-16(15(21)22)5-1-6-16/h3-4,9H,1-2,5-8,10H2,(H,18,20)(H,21,22). The van der Waals surface area contributed by atoms with E-state index in [2.05, 4.69) is 5.32 Å². The van der Waals surface area contributed by atoms with Gasteiger partial charge >= 0.3 is 5.97 Å². The van der Waals surface area contributed by atoms with Gasteiger partial charge in [-0.25, -0.2) is 12.8 Å². The summed E-state index contributed by atoms with van der Waals surface area (Å²) in [4.78, 5) is 23.5. The lowest BCUT2D eigenvalue weighted by molar-refractivity contribution is -0.157. The molecule has 2 N–H and O–H groups in total. The quantitative estimate of drug-likeness (QED) is 0.824. The van der Waals surface area contributed by atoms with Gasteiger partial charge in [-0.3, -0.25) is 13.9 Å². The molecule has 0 radical (unpaired) electrons. The van der Waals surface area contributed by atoms with Gasteiger partial charge in [0.2, 0.25) is 15.9 Å². The maximum atomic E-state index is 14.0. The second-order valence-corrected chi connectivity index (χ2v) is 8.58. The Kier molecular flexibility index (Phi) is 4.44. The number of carbonyl (C=O) groups excluding carboxylic acids is 1. The highest BCUT2D eigenvalue weighted by Gasteiger charge is 2.45. The van der Waals surface area contributed by atoms with E-state index >= 15 is 0 Å². The number of halogens is 1. The minimum absolute atomic E-state index is 0.0375. The van der Waals surface area contributed by atoms with Crippen molar-refractivity contribution in [2.45, 2.75) is 32.1 Å². The monoisotopic (exact) mass is 370 g/mol. The fourth-order valence-electron chi connectivity index (χ4n) is 3.27. The molecule has 1 heterocycles. The Balaban J connectivity index is 1.76. The molecule has 1 saturated heterocycles. The fourth-order valence-corrected chi connectivity index (χ4v) is 4.84. The van der Waals surface area contributed by atoms with Crippen LogP contribution in [-0.2, 0) is 19.6 Å². The maximum Gasteiger partial charge on any atom is 0.310 e. The van der Waals surface area contributed by atoms with Crippen molar-refractivity contribution in [2.75, 3.05) is 21.9 Å². The Morgan fingerprint density at radius 2 is 2.00 bits per heavy atom.